The van der Waals surface area contributed by atoms with Crippen LogP contribution in [0.2, 0.25) is 0 Å². The summed E-state index contributed by atoms with van der Waals surface area (Å²) in [6.07, 6.45) is 0.930. The second-order valence-corrected chi connectivity index (χ2v) is 3.91. The van der Waals surface area contributed by atoms with Crippen LogP contribution < -0.4 is 0 Å². The molecule has 0 bridgehead atoms. The first-order chi connectivity index (χ1) is 6.25. The van der Waals surface area contributed by atoms with Crippen LogP contribution in [0.1, 0.15) is 31.7 Å². The molecule has 0 heterocycles. The van der Waals surface area contributed by atoms with E-state index >= 15 is 0 Å². The Morgan fingerprint density at radius 2 is 2.08 bits per heavy atom. The Labute approximate surface area is 88.5 Å². The predicted octanol–water partition coefficient (Wildman–Crippen LogP) is 3.97. The Bertz CT molecular complexity index is 330. The van der Waals surface area contributed by atoms with Crippen LogP contribution in [-0.4, -0.2) is 0 Å². The summed E-state index contributed by atoms with van der Waals surface area (Å²) in [6.45, 7) is 4.08. The molecule has 0 saturated carbocycles. The number of hydrogen-bond donors (Lipinski definition) is 0. The van der Waals surface area contributed by atoms with Gasteiger partial charge in [-0.1, -0.05) is 41.1 Å². The van der Waals surface area contributed by atoms with Crippen LogP contribution in [0.15, 0.2) is 28.7 Å². The Morgan fingerprint density at radius 1 is 1.38 bits per heavy atom. The average Bonchev–Trinajstić information content (AvgIpc) is 2.15. The maximum Gasteiger partial charge on any atom is 0.0210 e. The molecule has 0 nitrogen and oxygen atoms in total. The van der Waals surface area contributed by atoms with Crippen molar-refractivity contribution in [2.45, 2.75) is 26.2 Å². The molecule has 1 rings (SSSR count). The highest BCUT2D eigenvalue weighted by Crippen LogP contribution is 2.26. The molecule has 0 amide bonds. The molecule has 1 heteroatoms. The van der Waals surface area contributed by atoms with Gasteiger partial charge in [0, 0.05) is 10.9 Å². The van der Waals surface area contributed by atoms with E-state index in [0.29, 0.717) is 5.92 Å². The van der Waals surface area contributed by atoms with Gasteiger partial charge >= 0.3 is 0 Å². The molecule has 0 saturated heterocycles. The van der Waals surface area contributed by atoms with Crippen molar-refractivity contribution in [2.24, 2.45) is 0 Å². The Balaban J connectivity index is 2.80. The first-order valence-electron chi connectivity index (χ1n) is 4.39. The third-order valence-electron chi connectivity index (χ3n) is 2.02. The predicted molar refractivity (Wildman–Crippen MR) is 60.6 cm³/mol. The molecular formula is C12H13Br. The van der Waals surface area contributed by atoms with Gasteiger partial charge in [-0.2, -0.15) is 0 Å². The molecular weight excluding hydrogens is 224 g/mol. The van der Waals surface area contributed by atoms with Crippen molar-refractivity contribution in [2.75, 3.05) is 0 Å². The highest BCUT2D eigenvalue weighted by Gasteiger charge is 2.06. The molecule has 13 heavy (non-hydrogen) atoms. The van der Waals surface area contributed by atoms with Crippen molar-refractivity contribution < 1.29 is 0 Å². The van der Waals surface area contributed by atoms with E-state index < -0.39 is 0 Å². The summed E-state index contributed by atoms with van der Waals surface area (Å²) in [5.74, 6) is 6.53. The maximum absolute atomic E-state index is 3.54. The van der Waals surface area contributed by atoms with Gasteiger partial charge in [-0.3, -0.25) is 0 Å². The molecule has 1 aromatic rings. The minimum atomic E-state index is 0.503. The van der Waals surface area contributed by atoms with Gasteiger partial charge in [0.1, 0.15) is 0 Å². The van der Waals surface area contributed by atoms with Gasteiger partial charge in [0.15, 0.2) is 0 Å². The zero-order valence-electron chi connectivity index (χ0n) is 7.97. The molecule has 1 aromatic carbocycles. The summed E-state index contributed by atoms with van der Waals surface area (Å²) in [7, 11) is 0. The monoisotopic (exact) mass is 236 g/mol. The fourth-order valence-corrected chi connectivity index (χ4v) is 1.92. The van der Waals surface area contributed by atoms with Crippen molar-refractivity contribution in [1.29, 1.82) is 0 Å². The average molecular weight is 237 g/mol. The summed E-state index contributed by atoms with van der Waals surface area (Å²) >= 11 is 3.54. The molecule has 1 unspecified atom stereocenters. The first-order valence-corrected chi connectivity index (χ1v) is 5.19. The van der Waals surface area contributed by atoms with E-state index in [0.717, 1.165) is 6.42 Å². The van der Waals surface area contributed by atoms with Crippen LogP contribution >= 0.6 is 15.9 Å². The summed E-state index contributed by atoms with van der Waals surface area (Å²) in [5.41, 5.74) is 1.34. The van der Waals surface area contributed by atoms with Crippen LogP contribution in [0.5, 0.6) is 0 Å². The Morgan fingerprint density at radius 3 is 2.69 bits per heavy atom. The van der Waals surface area contributed by atoms with E-state index in [-0.39, 0.29) is 0 Å². The molecule has 68 valence electrons. The van der Waals surface area contributed by atoms with Crippen molar-refractivity contribution in [3.63, 3.8) is 0 Å². The van der Waals surface area contributed by atoms with Gasteiger partial charge in [0.25, 0.3) is 0 Å². The smallest absolute Gasteiger partial charge is 0.0210 e. The topological polar surface area (TPSA) is 0 Å². The number of rotatable bonds is 2. The zero-order chi connectivity index (χ0) is 9.68. The standard InChI is InChI=1S/C12H13Br/c1-3-4-7-10(2)11-8-5-6-9-12(11)13/h5-6,8-10H,7H2,1-2H3. The van der Waals surface area contributed by atoms with Crippen LogP contribution in [0, 0.1) is 11.8 Å². The highest BCUT2D eigenvalue weighted by atomic mass is 79.9. The molecule has 0 aromatic heterocycles. The fourth-order valence-electron chi connectivity index (χ4n) is 1.24. The number of benzene rings is 1. The lowest BCUT2D eigenvalue weighted by Gasteiger charge is -2.09. The second-order valence-electron chi connectivity index (χ2n) is 3.05. The lowest BCUT2D eigenvalue weighted by Crippen LogP contribution is -1.92. The van der Waals surface area contributed by atoms with Gasteiger partial charge in [-0.15, -0.1) is 11.8 Å². The van der Waals surface area contributed by atoms with E-state index in [2.05, 4.69) is 52.9 Å². The van der Waals surface area contributed by atoms with Crippen molar-refractivity contribution in [3.8, 4) is 11.8 Å². The van der Waals surface area contributed by atoms with Gasteiger partial charge in [0.05, 0.1) is 0 Å². The van der Waals surface area contributed by atoms with Gasteiger partial charge in [-0.05, 0) is 24.5 Å². The number of hydrogen-bond acceptors (Lipinski definition) is 0. The highest BCUT2D eigenvalue weighted by molar-refractivity contribution is 9.10. The summed E-state index contributed by atoms with van der Waals surface area (Å²) in [5, 5.41) is 0. The molecule has 0 radical (unpaired) electrons. The summed E-state index contributed by atoms with van der Waals surface area (Å²) in [6, 6.07) is 8.32. The van der Waals surface area contributed by atoms with E-state index in [1.54, 1.807) is 0 Å². The molecule has 1 atom stereocenters. The first kappa shape index (κ1) is 10.3. The maximum atomic E-state index is 3.54. The van der Waals surface area contributed by atoms with Crippen LogP contribution in [0.4, 0.5) is 0 Å². The molecule has 0 N–H and O–H groups in total. The van der Waals surface area contributed by atoms with E-state index in [4.69, 9.17) is 0 Å². The zero-order valence-corrected chi connectivity index (χ0v) is 9.56. The Hall–Kier alpha value is -0.740. The van der Waals surface area contributed by atoms with Crippen molar-refractivity contribution in [3.05, 3.63) is 34.3 Å². The Kier molecular flexibility index (Phi) is 4.05. The normalized spacial score (nSPS) is 11.6. The molecule has 0 aliphatic rings. The van der Waals surface area contributed by atoms with Crippen LogP contribution in [-0.2, 0) is 0 Å². The van der Waals surface area contributed by atoms with Crippen LogP contribution in [0.25, 0.3) is 0 Å². The molecule has 0 spiro atoms. The van der Waals surface area contributed by atoms with Gasteiger partial charge in [0.2, 0.25) is 0 Å². The lowest BCUT2D eigenvalue weighted by atomic mass is 9.98. The molecule has 0 aliphatic heterocycles. The van der Waals surface area contributed by atoms with Gasteiger partial charge in [-0.25, -0.2) is 0 Å². The fraction of sp³-hybridized carbons (Fsp3) is 0.333. The summed E-state index contributed by atoms with van der Waals surface area (Å²) < 4.78 is 1.18. The minimum Gasteiger partial charge on any atom is -0.107 e. The second kappa shape index (κ2) is 5.09. The van der Waals surface area contributed by atoms with Gasteiger partial charge < -0.3 is 0 Å². The molecule has 0 aliphatic carbocycles. The van der Waals surface area contributed by atoms with E-state index in [1.165, 1.54) is 10.0 Å². The van der Waals surface area contributed by atoms with Crippen molar-refractivity contribution >= 4 is 15.9 Å². The van der Waals surface area contributed by atoms with Crippen LogP contribution in [0.3, 0.4) is 0 Å². The van der Waals surface area contributed by atoms with E-state index in [1.807, 2.05) is 13.0 Å². The van der Waals surface area contributed by atoms with E-state index in [9.17, 15) is 0 Å². The largest absolute Gasteiger partial charge is 0.107 e. The third kappa shape index (κ3) is 2.90. The lowest BCUT2D eigenvalue weighted by molar-refractivity contribution is 0.791. The third-order valence-corrected chi connectivity index (χ3v) is 2.74. The molecule has 0 fully saturated rings. The van der Waals surface area contributed by atoms with Crippen molar-refractivity contribution in [1.82, 2.24) is 0 Å². The quantitative estimate of drug-likeness (QED) is 0.683. The number of halogens is 1. The SMILES string of the molecule is CC#CCC(C)c1ccccc1Br. The summed E-state index contributed by atoms with van der Waals surface area (Å²) in [4.78, 5) is 0. The minimum absolute atomic E-state index is 0.503.